The summed E-state index contributed by atoms with van der Waals surface area (Å²) in [6, 6.07) is 7.30. The lowest BCUT2D eigenvalue weighted by molar-refractivity contribution is -0.141. The van der Waals surface area contributed by atoms with Crippen molar-refractivity contribution in [2.24, 2.45) is 0 Å². The van der Waals surface area contributed by atoms with E-state index in [1.807, 2.05) is 0 Å². The summed E-state index contributed by atoms with van der Waals surface area (Å²) in [6.45, 7) is 4.67. The van der Waals surface area contributed by atoms with Crippen LogP contribution in [0.5, 0.6) is 11.5 Å². The normalized spacial score (nSPS) is 14.8. The van der Waals surface area contributed by atoms with Gasteiger partial charge in [-0.15, -0.1) is 0 Å². The van der Waals surface area contributed by atoms with Crippen molar-refractivity contribution in [2.75, 3.05) is 25.6 Å². The number of halogens is 3. The molecule has 3 aromatic rings. The standard InChI is InChI=1S/C23H25F3N4O3/c1-14-28-17-12-18(31-3)19(32-9-10-33-22(2)7-8-22)11-16(17)21(29-14)27-13-15-5-4-6-20(30-15)23(24,25)26/h4-6,11-12H,7-10,13H2,1-3H3,(H,27,28,29). The smallest absolute Gasteiger partial charge is 0.433 e. The molecule has 0 bridgehead atoms. The number of rotatable bonds is 9. The number of benzene rings is 1. The van der Waals surface area contributed by atoms with Gasteiger partial charge in [-0.1, -0.05) is 6.07 Å². The van der Waals surface area contributed by atoms with E-state index in [1.54, 1.807) is 26.2 Å². The maximum absolute atomic E-state index is 13.0. The first-order valence-corrected chi connectivity index (χ1v) is 10.6. The molecule has 2 aromatic heterocycles. The van der Waals surface area contributed by atoms with E-state index in [0.29, 0.717) is 47.3 Å². The van der Waals surface area contributed by atoms with Gasteiger partial charge in [-0.25, -0.2) is 15.0 Å². The number of methoxy groups -OCH3 is 1. The average molecular weight is 462 g/mol. The van der Waals surface area contributed by atoms with Crippen LogP contribution in [0.4, 0.5) is 19.0 Å². The highest BCUT2D eigenvalue weighted by Gasteiger charge is 2.38. The predicted octanol–water partition coefficient (Wildman–Crippen LogP) is 4.92. The van der Waals surface area contributed by atoms with Crippen LogP contribution in [0.1, 0.15) is 37.0 Å². The molecular weight excluding hydrogens is 437 g/mol. The zero-order valence-electron chi connectivity index (χ0n) is 18.6. The number of aryl methyl sites for hydroxylation is 1. The van der Waals surface area contributed by atoms with Gasteiger partial charge in [0.25, 0.3) is 0 Å². The lowest BCUT2D eigenvalue weighted by Crippen LogP contribution is -2.15. The summed E-state index contributed by atoms with van der Waals surface area (Å²) in [4.78, 5) is 12.6. The van der Waals surface area contributed by atoms with Crippen LogP contribution in [0.2, 0.25) is 0 Å². The lowest BCUT2D eigenvalue weighted by Gasteiger charge is -2.16. The van der Waals surface area contributed by atoms with Gasteiger partial charge in [-0.05, 0) is 44.9 Å². The Labute approximate surface area is 189 Å². The fraction of sp³-hybridized carbons (Fsp3) is 0.435. The Kier molecular flexibility index (Phi) is 6.29. The number of aromatic nitrogens is 3. The predicted molar refractivity (Wildman–Crippen MR) is 116 cm³/mol. The second kappa shape index (κ2) is 9.01. The van der Waals surface area contributed by atoms with Crippen LogP contribution in [-0.2, 0) is 17.5 Å². The minimum atomic E-state index is -4.50. The molecule has 0 aliphatic heterocycles. The number of anilines is 1. The minimum Gasteiger partial charge on any atom is -0.493 e. The summed E-state index contributed by atoms with van der Waals surface area (Å²) in [5, 5.41) is 3.73. The summed E-state index contributed by atoms with van der Waals surface area (Å²) >= 11 is 0. The van der Waals surface area contributed by atoms with E-state index in [-0.39, 0.29) is 17.8 Å². The molecule has 1 N–H and O–H groups in total. The molecule has 1 aliphatic carbocycles. The molecule has 2 heterocycles. The molecule has 10 heteroatoms. The summed E-state index contributed by atoms with van der Waals surface area (Å²) < 4.78 is 56.0. The maximum Gasteiger partial charge on any atom is 0.433 e. The van der Waals surface area contributed by atoms with Gasteiger partial charge in [-0.2, -0.15) is 13.2 Å². The van der Waals surface area contributed by atoms with Crippen LogP contribution in [0.25, 0.3) is 10.9 Å². The second-order valence-corrected chi connectivity index (χ2v) is 8.15. The molecule has 33 heavy (non-hydrogen) atoms. The number of fused-ring (bicyclic) bond motifs is 1. The number of alkyl halides is 3. The van der Waals surface area contributed by atoms with E-state index in [9.17, 15) is 13.2 Å². The average Bonchev–Trinajstić information content (AvgIpc) is 3.51. The van der Waals surface area contributed by atoms with Gasteiger partial charge in [0, 0.05) is 11.5 Å². The molecule has 0 atom stereocenters. The van der Waals surface area contributed by atoms with E-state index in [4.69, 9.17) is 14.2 Å². The van der Waals surface area contributed by atoms with Crippen molar-refractivity contribution >= 4 is 16.7 Å². The van der Waals surface area contributed by atoms with Gasteiger partial charge < -0.3 is 19.5 Å². The van der Waals surface area contributed by atoms with E-state index in [2.05, 4.69) is 27.2 Å². The molecule has 0 unspecified atom stereocenters. The monoisotopic (exact) mass is 462 g/mol. The van der Waals surface area contributed by atoms with Crippen LogP contribution >= 0.6 is 0 Å². The first-order valence-electron chi connectivity index (χ1n) is 10.6. The Hall–Kier alpha value is -3.14. The summed E-state index contributed by atoms with van der Waals surface area (Å²) in [6.07, 6.45) is -2.39. The van der Waals surface area contributed by atoms with Crippen LogP contribution in [0, 0.1) is 6.92 Å². The maximum atomic E-state index is 13.0. The van der Waals surface area contributed by atoms with Crippen LogP contribution in [0.3, 0.4) is 0 Å². The lowest BCUT2D eigenvalue weighted by atomic mass is 10.2. The quantitative estimate of drug-likeness (QED) is 0.452. The fourth-order valence-electron chi connectivity index (χ4n) is 3.33. The molecule has 0 radical (unpaired) electrons. The number of pyridine rings is 1. The number of hydrogen-bond donors (Lipinski definition) is 1. The Morgan fingerprint density at radius 2 is 1.85 bits per heavy atom. The Morgan fingerprint density at radius 3 is 2.55 bits per heavy atom. The van der Waals surface area contributed by atoms with Crippen molar-refractivity contribution < 1.29 is 27.4 Å². The fourth-order valence-corrected chi connectivity index (χ4v) is 3.33. The summed E-state index contributed by atoms with van der Waals surface area (Å²) in [7, 11) is 1.54. The highest BCUT2D eigenvalue weighted by Crippen LogP contribution is 2.39. The highest BCUT2D eigenvalue weighted by atomic mass is 19.4. The number of nitrogens with zero attached hydrogens (tertiary/aromatic N) is 3. The summed E-state index contributed by atoms with van der Waals surface area (Å²) in [5.41, 5.74) is -0.109. The molecule has 4 rings (SSSR count). The van der Waals surface area contributed by atoms with Crippen LogP contribution in [0.15, 0.2) is 30.3 Å². The van der Waals surface area contributed by atoms with Crippen LogP contribution in [-0.4, -0.2) is 40.9 Å². The number of nitrogens with one attached hydrogen (secondary N) is 1. The van der Waals surface area contributed by atoms with Crippen molar-refractivity contribution in [2.45, 2.75) is 45.0 Å². The molecule has 176 valence electrons. The third-order valence-corrected chi connectivity index (χ3v) is 5.37. The van der Waals surface area contributed by atoms with E-state index >= 15 is 0 Å². The van der Waals surface area contributed by atoms with E-state index in [1.165, 1.54) is 12.1 Å². The molecule has 1 fully saturated rings. The van der Waals surface area contributed by atoms with Gasteiger partial charge in [0.15, 0.2) is 11.5 Å². The Bertz CT molecular complexity index is 1150. The molecule has 1 aliphatic rings. The minimum absolute atomic E-state index is 0.0310. The Morgan fingerprint density at radius 1 is 1.06 bits per heavy atom. The second-order valence-electron chi connectivity index (χ2n) is 8.15. The molecule has 0 spiro atoms. The molecule has 1 aromatic carbocycles. The summed E-state index contributed by atoms with van der Waals surface area (Å²) in [5.74, 6) is 1.99. The van der Waals surface area contributed by atoms with Gasteiger partial charge in [0.05, 0.1) is 37.1 Å². The van der Waals surface area contributed by atoms with Gasteiger partial charge in [-0.3, -0.25) is 0 Å². The SMILES string of the molecule is COc1cc2nc(C)nc(NCc3cccc(C(F)(F)F)n3)c2cc1OCCOC1(C)CC1. The molecule has 1 saturated carbocycles. The first-order chi connectivity index (χ1) is 15.7. The van der Waals surface area contributed by atoms with Crippen LogP contribution < -0.4 is 14.8 Å². The third kappa shape index (κ3) is 5.62. The Balaban J connectivity index is 1.55. The van der Waals surface area contributed by atoms with Crippen molar-refractivity contribution in [3.05, 3.63) is 47.5 Å². The number of hydrogen-bond acceptors (Lipinski definition) is 7. The van der Waals surface area contributed by atoms with Gasteiger partial charge in [0.1, 0.15) is 23.9 Å². The largest absolute Gasteiger partial charge is 0.493 e. The van der Waals surface area contributed by atoms with Crippen molar-refractivity contribution in [1.82, 2.24) is 15.0 Å². The van der Waals surface area contributed by atoms with Crippen molar-refractivity contribution in [1.29, 1.82) is 0 Å². The van der Waals surface area contributed by atoms with Crippen molar-refractivity contribution in [3.63, 3.8) is 0 Å². The highest BCUT2D eigenvalue weighted by molar-refractivity contribution is 5.91. The molecule has 0 amide bonds. The zero-order valence-corrected chi connectivity index (χ0v) is 18.6. The topological polar surface area (TPSA) is 78.4 Å². The van der Waals surface area contributed by atoms with Crippen molar-refractivity contribution in [3.8, 4) is 11.5 Å². The zero-order chi connectivity index (χ0) is 23.6. The van der Waals surface area contributed by atoms with Gasteiger partial charge >= 0.3 is 6.18 Å². The molecule has 0 saturated heterocycles. The van der Waals surface area contributed by atoms with E-state index < -0.39 is 11.9 Å². The molecule has 7 nitrogen and oxygen atoms in total. The van der Waals surface area contributed by atoms with E-state index in [0.717, 1.165) is 18.9 Å². The molecular formula is C23H25F3N4O3. The third-order valence-electron chi connectivity index (χ3n) is 5.37. The van der Waals surface area contributed by atoms with Gasteiger partial charge in [0.2, 0.25) is 0 Å². The first kappa shape index (κ1) is 23.0. The number of ether oxygens (including phenoxy) is 3.